The van der Waals surface area contributed by atoms with Crippen molar-refractivity contribution in [2.24, 2.45) is 11.5 Å². The van der Waals surface area contributed by atoms with Crippen molar-refractivity contribution in [2.45, 2.75) is 25.9 Å². The van der Waals surface area contributed by atoms with Crippen molar-refractivity contribution >= 4 is 72.3 Å². The zero-order valence-electron chi connectivity index (χ0n) is 12.4. The van der Waals surface area contributed by atoms with Crippen LogP contribution < -0.4 is 11.5 Å². The molecule has 10 heteroatoms. The quantitative estimate of drug-likeness (QED) is 0.304. The van der Waals surface area contributed by atoms with Crippen LogP contribution in [-0.2, 0) is 22.0 Å². The van der Waals surface area contributed by atoms with Gasteiger partial charge in [-0.2, -0.15) is 29.5 Å². The lowest BCUT2D eigenvalue weighted by molar-refractivity contribution is 0.463. The molecule has 0 rings (SSSR count). The highest BCUT2D eigenvalue weighted by molar-refractivity contribution is 7.81. The number of nitrogens with two attached hydrogens (primary N) is 2. The van der Waals surface area contributed by atoms with Gasteiger partial charge in [0.1, 0.15) is 0 Å². The molecular formula is C12H22N2O3S5. The normalized spacial score (nSPS) is 12.5. The van der Waals surface area contributed by atoms with E-state index in [9.17, 15) is 0 Å². The van der Waals surface area contributed by atoms with E-state index in [2.05, 4.69) is 37.8 Å². The number of hydrogen-bond donors (Lipinski definition) is 4. The first kappa shape index (κ1) is 26.8. The second-order valence-electron chi connectivity index (χ2n) is 3.39. The molecule has 0 radical (unpaired) electrons. The van der Waals surface area contributed by atoms with Crippen molar-refractivity contribution in [3.63, 3.8) is 0 Å². The van der Waals surface area contributed by atoms with Crippen molar-refractivity contribution in [3.05, 3.63) is 24.7 Å². The fraction of sp³-hybridized carbons (Fsp3) is 0.500. The van der Waals surface area contributed by atoms with Crippen LogP contribution in [0.25, 0.3) is 0 Å². The van der Waals surface area contributed by atoms with E-state index in [1.54, 1.807) is 12.2 Å². The maximum Gasteiger partial charge on any atom is 0.197 e. The third-order valence-electron chi connectivity index (χ3n) is 1.64. The van der Waals surface area contributed by atoms with Crippen molar-refractivity contribution < 1.29 is 13.7 Å². The van der Waals surface area contributed by atoms with Gasteiger partial charge in [0.15, 0.2) is 22.6 Å². The number of ether oxygens (including phenoxy) is 2. The lowest BCUT2D eigenvalue weighted by Gasteiger charge is -2.07. The smallest absolute Gasteiger partial charge is 0.197 e. The van der Waals surface area contributed by atoms with Gasteiger partial charge in [-0.25, -0.2) is 0 Å². The van der Waals surface area contributed by atoms with Crippen LogP contribution in [0, 0.1) is 0 Å². The second-order valence-corrected chi connectivity index (χ2v) is 4.93. The molecule has 5 nitrogen and oxygen atoms in total. The summed E-state index contributed by atoms with van der Waals surface area (Å²) >= 11 is 20.3. The summed E-state index contributed by atoms with van der Waals surface area (Å²) in [5, 5.41) is 0.765. The zero-order chi connectivity index (χ0) is 18.0. The molecule has 0 aliphatic rings. The van der Waals surface area contributed by atoms with E-state index in [0.717, 1.165) is 0 Å². The molecule has 2 atom stereocenters. The summed E-state index contributed by atoms with van der Waals surface area (Å²) in [5.74, 6) is 1.02. The van der Waals surface area contributed by atoms with E-state index in [1.807, 2.05) is 13.8 Å². The van der Waals surface area contributed by atoms with Gasteiger partial charge < -0.3 is 20.9 Å². The lowest BCUT2D eigenvalue weighted by Crippen LogP contribution is -2.31. The fourth-order valence-electron chi connectivity index (χ4n) is 0.594. The molecule has 0 aromatic heterocycles. The maximum atomic E-state index is 7.83. The van der Waals surface area contributed by atoms with Crippen LogP contribution >= 0.6 is 49.7 Å². The largest absolute Gasteiger partial charge is 0.457 e. The van der Waals surface area contributed by atoms with Crippen LogP contribution in [0.3, 0.4) is 0 Å². The Balaban J connectivity index is -0.000000294. The fourth-order valence-corrected chi connectivity index (χ4v) is 1.45. The Labute approximate surface area is 159 Å². The van der Waals surface area contributed by atoms with Gasteiger partial charge in [-0.15, -0.1) is 0 Å². The Morgan fingerprint density at radius 1 is 0.955 bits per heavy atom. The minimum Gasteiger partial charge on any atom is -0.457 e. The minimum atomic E-state index is -0.255. The third kappa shape index (κ3) is 18.0. The summed E-state index contributed by atoms with van der Waals surface area (Å²) in [6, 6.07) is -0.510. The predicted molar refractivity (Wildman–Crippen MR) is 109 cm³/mol. The van der Waals surface area contributed by atoms with Crippen molar-refractivity contribution in [2.75, 3.05) is 11.5 Å². The van der Waals surface area contributed by atoms with Crippen LogP contribution in [0.1, 0.15) is 13.8 Å². The van der Waals surface area contributed by atoms with E-state index in [4.69, 9.17) is 49.6 Å². The van der Waals surface area contributed by atoms with Gasteiger partial charge in [-0.1, -0.05) is 12.2 Å². The highest BCUT2D eigenvalue weighted by Crippen LogP contribution is 1.93. The monoisotopic (exact) mass is 402 g/mol. The first-order valence-corrected chi connectivity index (χ1v) is 8.38. The standard InChI is InChI=1S/2C6H11NOS2.OS/c2*1-2-3-8-6(10)5(7)4-9;1-2/h2*2-3,5,9H,4,7H2,1H3;/t2*5-;/m00./s1. The molecule has 22 heavy (non-hydrogen) atoms. The Morgan fingerprint density at radius 2 is 1.23 bits per heavy atom. The van der Waals surface area contributed by atoms with Gasteiger partial charge in [-0.3, -0.25) is 0 Å². The van der Waals surface area contributed by atoms with Crippen molar-refractivity contribution in [1.29, 1.82) is 0 Å². The summed E-state index contributed by atoms with van der Waals surface area (Å²) in [4.78, 5) is 0. The third-order valence-corrected chi connectivity index (χ3v) is 3.22. The average molecular weight is 403 g/mol. The second kappa shape index (κ2) is 20.9. The Bertz CT molecular complexity index is 322. The maximum absolute atomic E-state index is 7.83. The Kier molecular flexibility index (Phi) is 25.4. The van der Waals surface area contributed by atoms with Gasteiger partial charge in [0.25, 0.3) is 0 Å². The molecule has 0 saturated carbocycles. The highest BCUT2D eigenvalue weighted by atomic mass is 32.1. The van der Waals surface area contributed by atoms with E-state index in [0.29, 0.717) is 21.6 Å². The molecule has 0 bridgehead atoms. The molecule has 0 aromatic rings. The number of rotatable bonds is 6. The number of allylic oxidation sites excluding steroid dienone is 2. The average Bonchev–Trinajstić information content (AvgIpc) is 2.58. The number of thiol groups is 2. The van der Waals surface area contributed by atoms with E-state index < -0.39 is 0 Å². The van der Waals surface area contributed by atoms with Gasteiger partial charge in [-0.05, 0) is 38.3 Å². The molecular weight excluding hydrogens is 380 g/mol. The highest BCUT2D eigenvalue weighted by Gasteiger charge is 2.06. The molecule has 0 spiro atoms. The van der Waals surface area contributed by atoms with Crippen LogP contribution in [0.5, 0.6) is 0 Å². The summed E-state index contributed by atoms with van der Waals surface area (Å²) in [6.45, 7) is 3.68. The topological polar surface area (TPSA) is 87.6 Å². The van der Waals surface area contributed by atoms with E-state index in [1.165, 1.54) is 12.5 Å². The van der Waals surface area contributed by atoms with Crippen molar-refractivity contribution in [1.82, 2.24) is 0 Å². The van der Waals surface area contributed by atoms with Crippen LogP contribution in [0.4, 0.5) is 0 Å². The molecule has 0 aromatic carbocycles. The van der Waals surface area contributed by atoms with Gasteiger partial charge in [0.05, 0.1) is 24.6 Å². The van der Waals surface area contributed by atoms with Crippen molar-refractivity contribution in [3.8, 4) is 0 Å². The van der Waals surface area contributed by atoms with Crippen LogP contribution in [0.2, 0.25) is 0 Å². The predicted octanol–water partition coefficient (Wildman–Crippen LogP) is 1.91. The van der Waals surface area contributed by atoms with E-state index >= 15 is 0 Å². The number of thiocarbonyl (C=S) groups is 2. The van der Waals surface area contributed by atoms with Crippen LogP contribution in [-0.4, -0.2) is 37.9 Å². The van der Waals surface area contributed by atoms with Gasteiger partial charge in [0, 0.05) is 11.5 Å². The lowest BCUT2D eigenvalue weighted by atomic mass is 10.4. The SMILES string of the molecule is CC=COC(=S)[C@@H](N)CS.CC=COC(=S)[C@@H](N)CS.O=S. The summed E-state index contributed by atoms with van der Waals surface area (Å²) in [7, 11) is 0. The Morgan fingerprint density at radius 3 is 1.41 bits per heavy atom. The van der Waals surface area contributed by atoms with Gasteiger partial charge in [0.2, 0.25) is 0 Å². The molecule has 128 valence electrons. The molecule has 0 aliphatic carbocycles. The molecule has 0 fully saturated rings. The molecule has 0 saturated heterocycles. The summed E-state index contributed by atoms with van der Waals surface area (Å²) in [5.41, 5.74) is 11.0. The van der Waals surface area contributed by atoms with E-state index in [-0.39, 0.29) is 12.1 Å². The molecule has 0 heterocycles. The first-order chi connectivity index (χ1) is 10.4. The van der Waals surface area contributed by atoms with Crippen LogP contribution in [0.15, 0.2) is 24.7 Å². The Hall–Kier alpha value is -0.100. The number of hydrogen-bond acceptors (Lipinski definition) is 10. The summed E-state index contributed by atoms with van der Waals surface area (Å²) < 4.78 is 17.7. The van der Waals surface area contributed by atoms with Gasteiger partial charge >= 0.3 is 0 Å². The molecule has 0 aliphatic heterocycles. The minimum absolute atomic E-state index is 0.255. The molecule has 4 N–H and O–H groups in total. The first-order valence-electron chi connectivity index (χ1n) is 5.97. The summed E-state index contributed by atoms with van der Waals surface area (Å²) in [6.07, 6.45) is 6.51. The molecule has 0 amide bonds. The molecule has 0 unspecified atom stereocenters. The zero-order valence-corrected chi connectivity index (χ0v) is 16.6.